The lowest BCUT2D eigenvalue weighted by Gasteiger charge is -2.58. The lowest BCUT2D eigenvalue weighted by molar-refractivity contribution is -0.125. The highest BCUT2D eigenvalue weighted by Gasteiger charge is 2.57. The molecule has 3 aliphatic rings. The Morgan fingerprint density at radius 1 is 1.40 bits per heavy atom. The first kappa shape index (κ1) is 9.44. The van der Waals surface area contributed by atoms with Crippen LogP contribution >= 0.6 is 0 Å². The summed E-state index contributed by atoms with van der Waals surface area (Å²) in [6.45, 7) is 2.13. The number of amides is 1. The van der Waals surface area contributed by atoms with Crippen molar-refractivity contribution in [2.45, 2.75) is 51.0 Å². The minimum Gasteiger partial charge on any atom is -0.346 e. The minimum atomic E-state index is 0.148. The van der Waals surface area contributed by atoms with Gasteiger partial charge in [0.2, 0.25) is 5.91 Å². The van der Waals surface area contributed by atoms with E-state index in [0.717, 1.165) is 5.92 Å². The van der Waals surface area contributed by atoms with Crippen LogP contribution in [0.1, 0.15) is 45.4 Å². The van der Waals surface area contributed by atoms with Gasteiger partial charge >= 0.3 is 0 Å². The van der Waals surface area contributed by atoms with Gasteiger partial charge in [0, 0.05) is 17.5 Å². The maximum Gasteiger partial charge on any atom is 0.244 e. The lowest BCUT2D eigenvalue weighted by atomic mass is 9.53. The Morgan fingerprint density at radius 3 is 3.13 bits per heavy atom. The van der Waals surface area contributed by atoms with Gasteiger partial charge in [0.1, 0.15) is 0 Å². The Bertz CT molecular complexity index is 333. The Kier molecular flexibility index (Phi) is 1.95. The van der Waals surface area contributed by atoms with E-state index in [2.05, 4.69) is 12.2 Å². The van der Waals surface area contributed by atoms with Gasteiger partial charge in [-0.25, -0.2) is 0 Å². The van der Waals surface area contributed by atoms with Crippen molar-refractivity contribution in [2.75, 3.05) is 0 Å². The number of rotatable bonds is 0. The van der Waals surface area contributed by atoms with E-state index in [0.29, 0.717) is 5.92 Å². The summed E-state index contributed by atoms with van der Waals surface area (Å²) in [7, 11) is 0. The van der Waals surface area contributed by atoms with Gasteiger partial charge in [-0.1, -0.05) is 24.8 Å². The van der Waals surface area contributed by atoms with Gasteiger partial charge in [-0.3, -0.25) is 4.79 Å². The van der Waals surface area contributed by atoms with E-state index in [1.54, 1.807) is 6.08 Å². The summed E-state index contributed by atoms with van der Waals surface area (Å²) in [6.07, 6.45) is 9.64. The van der Waals surface area contributed by atoms with Crippen molar-refractivity contribution in [1.29, 1.82) is 0 Å². The Labute approximate surface area is 91.1 Å². The topological polar surface area (TPSA) is 29.1 Å². The molecule has 0 unspecified atom stereocenters. The molecule has 0 bridgehead atoms. The smallest absolute Gasteiger partial charge is 0.244 e. The number of carbonyl (C=O) groups excluding carboxylic acids is 1. The fourth-order valence-corrected chi connectivity index (χ4v) is 3.98. The minimum absolute atomic E-state index is 0.148. The van der Waals surface area contributed by atoms with E-state index in [1.165, 1.54) is 44.1 Å². The molecule has 2 aliphatic carbocycles. The van der Waals surface area contributed by atoms with Crippen molar-refractivity contribution < 1.29 is 4.79 Å². The van der Waals surface area contributed by atoms with E-state index in [9.17, 15) is 4.79 Å². The van der Waals surface area contributed by atoms with E-state index >= 15 is 0 Å². The molecule has 2 heteroatoms. The first-order chi connectivity index (χ1) is 7.22. The zero-order valence-corrected chi connectivity index (χ0v) is 9.38. The van der Waals surface area contributed by atoms with E-state index in [-0.39, 0.29) is 11.4 Å². The third kappa shape index (κ3) is 1.20. The van der Waals surface area contributed by atoms with Gasteiger partial charge in [0.05, 0.1) is 0 Å². The molecule has 0 radical (unpaired) electrons. The fraction of sp³-hybridized carbons (Fsp3) is 0.769. The highest BCUT2D eigenvalue weighted by Crippen LogP contribution is 2.55. The molecule has 1 N–H and O–H groups in total. The average Bonchev–Trinajstić information content (AvgIpc) is 2.30. The molecule has 82 valence electrons. The largest absolute Gasteiger partial charge is 0.346 e. The van der Waals surface area contributed by atoms with Crippen LogP contribution in [0.25, 0.3) is 0 Å². The molecule has 0 saturated heterocycles. The van der Waals surface area contributed by atoms with Crippen molar-refractivity contribution >= 4 is 5.91 Å². The van der Waals surface area contributed by atoms with Gasteiger partial charge in [-0.2, -0.15) is 0 Å². The quantitative estimate of drug-likeness (QED) is 0.646. The second-order valence-electron chi connectivity index (χ2n) is 5.50. The molecule has 1 spiro atoms. The summed E-state index contributed by atoms with van der Waals surface area (Å²) < 4.78 is 0. The van der Waals surface area contributed by atoms with Crippen LogP contribution in [0.15, 0.2) is 11.6 Å². The molecule has 15 heavy (non-hydrogen) atoms. The Balaban J connectivity index is 1.94. The second kappa shape index (κ2) is 3.10. The summed E-state index contributed by atoms with van der Waals surface area (Å²) in [5, 5.41) is 3.29. The molecular weight excluding hydrogens is 186 g/mol. The lowest BCUT2D eigenvalue weighted by Crippen LogP contribution is -2.67. The maximum atomic E-state index is 11.6. The molecule has 3 rings (SSSR count). The van der Waals surface area contributed by atoms with Crippen LogP contribution in [-0.2, 0) is 4.79 Å². The van der Waals surface area contributed by atoms with Crippen molar-refractivity contribution in [3.8, 4) is 0 Å². The monoisotopic (exact) mass is 205 g/mol. The van der Waals surface area contributed by atoms with E-state index < -0.39 is 0 Å². The van der Waals surface area contributed by atoms with E-state index in [4.69, 9.17) is 0 Å². The van der Waals surface area contributed by atoms with Crippen LogP contribution in [0.3, 0.4) is 0 Å². The molecule has 0 aromatic rings. The average molecular weight is 205 g/mol. The van der Waals surface area contributed by atoms with Crippen LogP contribution < -0.4 is 5.32 Å². The third-order valence-electron chi connectivity index (χ3n) is 4.78. The summed E-state index contributed by atoms with van der Waals surface area (Å²) in [5.41, 5.74) is 1.49. The molecule has 2 nitrogen and oxygen atoms in total. The number of hydrogen-bond donors (Lipinski definition) is 1. The van der Waals surface area contributed by atoms with Crippen LogP contribution in [0.5, 0.6) is 0 Å². The zero-order valence-electron chi connectivity index (χ0n) is 9.38. The summed E-state index contributed by atoms with van der Waals surface area (Å²) in [4.78, 5) is 11.6. The van der Waals surface area contributed by atoms with Gasteiger partial charge in [0.25, 0.3) is 0 Å². The molecule has 1 heterocycles. The van der Waals surface area contributed by atoms with Crippen LogP contribution in [-0.4, -0.2) is 11.4 Å². The van der Waals surface area contributed by atoms with Crippen LogP contribution in [0.2, 0.25) is 0 Å². The van der Waals surface area contributed by atoms with E-state index in [1.807, 2.05) is 0 Å². The molecule has 0 aromatic heterocycles. The normalized spacial score (nSPS) is 44.1. The molecule has 1 amide bonds. The molecule has 1 aliphatic heterocycles. The van der Waals surface area contributed by atoms with Gasteiger partial charge < -0.3 is 5.32 Å². The van der Waals surface area contributed by atoms with Gasteiger partial charge in [-0.15, -0.1) is 0 Å². The number of carbonyl (C=O) groups is 1. The first-order valence-electron chi connectivity index (χ1n) is 6.23. The molecule has 2 saturated carbocycles. The SMILES string of the molecule is CC1=CC(=O)N[C@]23CCCCC[C@H]2C[C@H]13. The highest BCUT2D eigenvalue weighted by molar-refractivity contribution is 5.90. The molecule has 2 fully saturated rings. The van der Waals surface area contributed by atoms with Crippen LogP contribution in [0.4, 0.5) is 0 Å². The molecule has 3 atom stereocenters. The Hall–Kier alpha value is -0.790. The summed E-state index contributed by atoms with van der Waals surface area (Å²) in [6, 6.07) is 0. The summed E-state index contributed by atoms with van der Waals surface area (Å²) in [5.74, 6) is 1.56. The Morgan fingerprint density at radius 2 is 2.27 bits per heavy atom. The van der Waals surface area contributed by atoms with Crippen LogP contribution in [0, 0.1) is 11.8 Å². The predicted molar refractivity (Wildman–Crippen MR) is 59.3 cm³/mol. The zero-order chi connectivity index (χ0) is 10.5. The molecular formula is C13H19NO. The van der Waals surface area contributed by atoms with Crippen molar-refractivity contribution in [3.63, 3.8) is 0 Å². The third-order valence-corrected chi connectivity index (χ3v) is 4.78. The standard InChI is InChI=1S/C13H19NO/c1-9-7-12(15)14-13-6-4-2-3-5-10(13)8-11(9)13/h7,10-11H,2-6,8H2,1H3,(H,14,15)/t10-,11+,13+/m0/s1. The van der Waals surface area contributed by atoms with Gasteiger partial charge in [0.15, 0.2) is 0 Å². The predicted octanol–water partition coefficient (Wildman–Crippen LogP) is 2.40. The second-order valence-corrected chi connectivity index (χ2v) is 5.50. The van der Waals surface area contributed by atoms with Crippen molar-refractivity contribution in [2.24, 2.45) is 11.8 Å². The number of hydrogen-bond acceptors (Lipinski definition) is 1. The maximum absolute atomic E-state index is 11.6. The molecule has 0 aromatic carbocycles. The number of nitrogens with one attached hydrogen (secondary N) is 1. The first-order valence-corrected chi connectivity index (χ1v) is 6.23. The summed E-state index contributed by atoms with van der Waals surface area (Å²) >= 11 is 0. The highest BCUT2D eigenvalue weighted by atomic mass is 16.1. The van der Waals surface area contributed by atoms with Crippen molar-refractivity contribution in [3.05, 3.63) is 11.6 Å². The van der Waals surface area contributed by atoms with Gasteiger partial charge in [-0.05, 0) is 32.1 Å². The van der Waals surface area contributed by atoms with Crippen molar-refractivity contribution in [1.82, 2.24) is 5.32 Å². The fourth-order valence-electron chi connectivity index (χ4n) is 3.98.